The zero-order valence-electron chi connectivity index (χ0n) is 10.8. The average molecular weight is 244 g/mol. The van der Waals surface area contributed by atoms with Crippen LogP contribution < -0.4 is 0 Å². The molecule has 0 aliphatic heterocycles. The van der Waals surface area contributed by atoms with Crippen molar-refractivity contribution < 1.29 is 0 Å². The molecule has 2 rings (SSSR count). The molecule has 0 aliphatic rings. The Morgan fingerprint density at radius 3 is 1.37 bits per heavy atom. The second kappa shape index (κ2) is 5.94. The first-order chi connectivity index (χ1) is 9.33. The van der Waals surface area contributed by atoms with Gasteiger partial charge < -0.3 is 0 Å². The predicted molar refractivity (Wildman–Crippen MR) is 80.6 cm³/mol. The van der Waals surface area contributed by atoms with E-state index in [4.69, 9.17) is 12.8 Å². The van der Waals surface area contributed by atoms with Crippen LogP contribution in [0.4, 0.5) is 0 Å². The highest BCUT2D eigenvalue weighted by Gasteiger charge is 2.32. The first-order valence-electron chi connectivity index (χ1n) is 6.31. The summed E-state index contributed by atoms with van der Waals surface area (Å²) in [6, 6.07) is 20.5. The van der Waals surface area contributed by atoms with Gasteiger partial charge in [-0.05, 0) is 11.1 Å². The van der Waals surface area contributed by atoms with Crippen LogP contribution in [0.2, 0.25) is 0 Å². The smallest absolute Gasteiger partial charge is 0.0420 e. The quantitative estimate of drug-likeness (QED) is 0.713. The summed E-state index contributed by atoms with van der Waals surface area (Å²) >= 11 is 0. The molecular formula is C19H16. The van der Waals surface area contributed by atoms with E-state index in [9.17, 15) is 0 Å². The molecule has 0 heterocycles. The van der Waals surface area contributed by atoms with Crippen LogP contribution in [0.1, 0.15) is 24.0 Å². The molecule has 0 amide bonds. The van der Waals surface area contributed by atoms with Crippen LogP contribution in [0.3, 0.4) is 0 Å². The fourth-order valence-electron chi connectivity index (χ4n) is 2.50. The molecule has 92 valence electrons. The molecule has 0 unspecified atom stereocenters. The van der Waals surface area contributed by atoms with Gasteiger partial charge in [-0.3, -0.25) is 0 Å². The monoisotopic (exact) mass is 244 g/mol. The maximum Gasteiger partial charge on any atom is 0.0420 e. The van der Waals surface area contributed by atoms with Crippen molar-refractivity contribution in [3.63, 3.8) is 0 Å². The van der Waals surface area contributed by atoms with Crippen LogP contribution in [0.15, 0.2) is 60.7 Å². The molecule has 0 bridgehead atoms. The minimum Gasteiger partial charge on any atom is -0.120 e. The number of rotatable bonds is 4. The Hall–Kier alpha value is -2.44. The highest BCUT2D eigenvalue weighted by atomic mass is 14.3. The van der Waals surface area contributed by atoms with E-state index in [0.29, 0.717) is 12.8 Å². The zero-order valence-corrected chi connectivity index (χ0v) is 10.8. The summed E-state index contributed by atoms with van der Waals surface area (Å²) in [6.45, 7) is 0. The molecular weight excluding hydrogens is 228 g/mol. The largest absolute Gasteiger partial charge is 0.120 e. The summed E-state index contributed by atoms with van der Waals surface area (Å²) in [5, 5.41) is 0. The van der Waals surface area contributed by atoms with Gasteiger partial charge in [-0.25, -0.2) is 0 Å². The second-order valence-corrected chi connectivity index (χ2v) is 4.58. The van der Waals surface area contributed by atoms with E-state index >= 15 is 0 Å². The van der Waals surface area contributed by atoms with Gasteiger partial charge in [-0.1, -0.05) is 60.7 Å². The van der Waals surface area contributed by atoms with Crippen LogP contribution in [0.25, 0.3) is 0 Å². The molecule has 2 aromatic carbocycles. The van der Waals surface area contributed by atoms with E-state index in [2.05, 4.69) is 36.1 Å². The molecule has 0 aromatic heterocycles. The third kappa shape index (κ3) is 2.54. The van der Waals surface area contributed by atoms with Crippen molar-refractivity contribution in [3.05, 3.63) is 71.8 Å². The third-order valence-corrected chi connectivity index (χ3v) is 3.46. The summed E-state index contributed by atoms with van der Waals surface area (Å²) in [5.74, 6) is 5.59. The van der Waals surface area contributed by atoms with Crippen molar-refractivity contribution in [2.45, 2.75) is 18.3 Å². The van der Waals surface area contributed by atoms with Gasteiger partial charge in [0.2, 0.25) is 0 Å². The third-order valence-electron chi connectivity index (χ3n) is 3.46. The fraction of sp³-hybridized carbons (Fsp3) is 0.158. The van der Waals surface area contributed by atoms with Crippen molar-refractivity contribution in [1.29, 1.82) is 0 Å². The number of benzene rings is 2. The molecule has 0 radical (unpaired) electrons. The average Bonchev–Trinajstić information content (AvgIpc) is 2.49. The van der Waals surface area contributed by atoms with Gasteiger partial charge in [-0.15, -0.1) is 24.7 Å². The Morgan fingerprint density at radius 2 is 1.05 bits per heavy atom. The molecule has 0 fully saturated rings. The second-order valence-electron chi connectivity index (χ2n) is 4.58. The molecule has 0 aliphatic carbocycles. The van der Waals surface area contributed by atoms with Crippen molar-refractivity contribution in [3.8, 4) is 24.7 Å². The van der Waals surface area contributed by atoms with Crippen LogP contribution in [-0.4, -0.2) is 0 Å². The molecule has 0 heteroatoms. The fourth-order valence-corrected chi connectivity index (χ4v) is 2.50. The van der Waals surface area contributed by atoms with Gasteiger partial charge in [0.1, 0.15) is 0 Å². The Bertz CT molecular complexity index is 536. The van der Waals surface area contributed by atoms with E-state index in [1.165, 1.54) is 11.1 Å². The van der Waals surface area contributed by atoms with Gasteiger partial charge in [0, 0.05) is 18.3 Å². The van der Waals surface area contributed by atoms with E-state index in [1.54, 1.807) is 0 Å². The Morgan fingerprint density at radius 1 is 0.684 bits per heavy atom. The van der Waals surface area contributed by atoms with Crippen LogP contribution in [-0.2, 0) is 5.41 Å². The molecule has 0 nitrogen and oxygen atoms in total. The Labute approximate surface area is 115 Å². The van der Waals surface area contributed by atoms with Crippen molar-refractivity contribution in [2.24, 2.45) is 0 Å². The first kappa shape index (κ1) is 13.0. The summed E-state index contributed by atoms with van der Waals surface area (Å²) in [5.41, 5.74) is 2.07. The minimum absolute atomic E-state index is 0.286. The lowest BCUT2D eigenvalue weighted by Gasteiger charge is -2.31. The van der Waals surface area contributed by atoms with Gasteiger partial charge in [0.05, 0.1) is 0 Å². The topological polar surface area (TPSA) is 0 Å². The lowest BCUT2D eigenvalue weighted by atomic mass is 9.70. The van der Waals surface area contributed by atoms with Crippen LogP contribution in [0, 0.1) is 24.7 Å². The van der Waals surface area contributed by atoms with E-state index in [1.807, 2.05) is 36.4 Å². The maximum absolute atomic E-state index is 5.60. The van der Waals surface area contributed by atoms with Gasteiger partial charge >= 0.3 is 0 Å². The first-order valence-corrected chi connectivity index (χ1v) is 6.31. The van der Waals surface area contributed by atoms with E-state index < -0.39 is 0 Å². The molecule has 0 saturated carbocycles. The summed E-state index contributed by atoms with van der Waals surface area (Å²) in [4.78, 5) is 0. The normalized spacial score (nSPS) is 10.4. The van der Waals surface area contributed by atoms with Crippen molar-refractivity contribution >= 4 is 0 Å². The predicted octanol–water partition coefficient (Wildman–Crippen LogP) is 4.02. The van der Waals surface area contributed by atoms with Gasteiger partial charge in [-0.2, -0.15) is 0 Å². The lowest BCUT2D eigenvalue weighted by Crippen LogP contribution is -2.26. The van der Waals surface area contributed by atoms with Crippen LogP contribution in [0.5, 0.6) is 0 Å². The molecule has 0 saturated heterocycles. The summed E-state index contributed by atoms with van der Waals surface area (Å²) in [7, 11) is 0. The Kier molecular flexibility index (Phi) is 4.07. The number of terminal acetylenes is 2. The lowest BCUT2D eigenvalue weighted by molar-refractivity contribution is 0.545. The maximum atomic E-state index is 5.60. The van der Waals surface area contributed by atoms with Crippen molar-refractivity contribution in [2.75, 3.05) is 0 Å². The standard InChI is InChI=1S/C19H16/c1-3-15-19(16-4-2,17-11-7-5-8-12-17)18-13-9-6-10-14-18/h1-2,5-14H,15-16H2. The number of hydrogen-bond acceptors (Lipinski definition) is 0. The highest BCUT2D eigenvalue weighted by molar-refractivity contribution is 5.42. The summed E-state index contributed by atoms with van der Waals surface area (Å²) in [6.07, 6.45) is 12.4. The molecule has 0 N–H and O–H groups in total. The van der Waals surface area contributed by atoms with Gasteiger partial charge in [0.15, 0.2) is 0 Å². The van der Waals surface area contributed by atoms with Crippen molar-refractivity contribution in [1.82, 2.24) is 0 Å². The zero-order chi connectivity index (χ0) is 13.6. The molecule has 2 aromatic rings. The molecule has 19 heavy (non-hydrogen) atoms. The van der Waals surface area contributed by atoms with Crippen LogP contribution >= 0.6 is 0 Å². The molecule has 0 spiro atoms. The Balaban J connectivity index is 2.62. The summed E-state index contributed by atoms with van der Waals surface area (Å²) < 4.78 is 0. The van der Waals surface area contributed by atoms with Gasteiger partial charge in [0.25, 0.3) is 0 Å². The number of hydrogen-bond donors (Lipinski definition) is 0. The van der Waals surface area contributed by atoms with E-state index in [-0.39, 0.29) is 5.41 Å². The molecule has 0 atom stereocenters. The highest BCUT2D eigenvalue weighted by Crippen LogP contribution is 2.38. The van der Waals surface area contributed by atoms with E-state index in [0.717, 1.165) is 0 Å². The minimum atomic E-state index is -0.286. The SMILES string of the molecule is C#CCC(CC#C)(c1ccccc1)c1ccccc1.